The van der Waals surface area contributed by atoms with Crippen LogP contribution in [-0.2, 0) is 15.5 Å². The minimum absolute atomic E-state index is 0.0264. The van der Waals surface area contributed by atoms with E-state index in [1.54, 1.807) is 13.0 Å². The second-order valence-corrected chi connectivity index (χ2v) is 8.52. The molecule has 1 atom stereocenters. The number of carbonyl (C=O) groups is 1. The predicted octanol–water partition coefficient (Wildman–Crippen LogP) is 6.20. The van der Waals surface area contributed by atoms with E-state index in [-0.39, 0.29) is 27.5 Å². The van der Waals surface area contributed by atoms with Crippen LogP contribution >= 0.6 is 30.6 Å². The van der Waals surface area contributed by atoms with Crippen molar-refractivity contribution in [2.24, 2.45) is 0 Å². The molecule has 126 valence electrons. The Hall–Kier alpha value is -1.54. The molecule has 0 aliphatic rings. The van der Waals surface area contributed by atoms with Gasteiger partial charge in [-0.15, -0.1) is 0 Å². The van der Waals surface area contributed by atoms with E-state index >= 15 is 0 Å². The summed E-state index contributed by atoms with van der Waals surface area (Å²) in [7, 11) is -3.72. The molecule has 0 bridgehead atoms. The Morgan fingerprint density at radius 2 is 1.67 bits per heavy atom. The summed E-state index contributed by atoms with van der Waals surface area (Å²) in [5.41, 5.74) is 0.302. The van der Waals surface area contributed by atoms with E-state index in [2.05, 4.69) is 6.58 Å². The van der Waals surface area contributed by atoms with E-state index in [1.165, 1.54) is 12.1 Å². The maximum atomic E-state index is 13.3. The van der Waals surface area contributed by atoms with Crippen LogP contribution in [0.25, 0.3) is 0 Å². The Balaban J connectivity index is 2.34. The van der Waals surface area contributed by atoms with Crippen molar-refractivity contribution in [1.82, 2.24) is 0 Å². The molecule has 0 fully saturated rings. The average Bonchev–Trinajstić information content (AvgIpc) is 2.53. The zero-order valence-corrected chi connectivity index (χ0v) is 15.6. The Morgan fingerprint density at radius 1 is 1.08 bits per heavy atom. The van der Waals surface area contributed by atoms with Crippen LogP contribution in [0.5, 0.6) is 0 Å². The molecule has 0 N–H and O–H groups in total. The minimum atomic E-state index is -3.72. The molecule has 1 unspecified atom stereocenters. The number of hydrogen-bond donors (Lipinski definition) is 0. The largest absolute Gasteiger partial charge is 0.443 e. The molecule has 2 aromatic carbocycles. The van der Waals surface area contributed by atoms with Crippen LogP contribution in [0.4, 0.5) is 0 Å². The van der Waals surface area contributed by atoms with Crippen molar-refractivity contribution in [3.8, 4) is 0 Å². The zero-order chi connectivity index (χ0) is 17.7. The van der Waals surface area contributed by atoms with Crippen LogP contribution in [0.1, 0.15) is 22.8 Å². The third-order valence-corrected chi connectivity index (χ3v) is 6.22. The third kappa shape index (κ3) is 4.51. The lowest BCUT2D eigenvalue weighted by Gasteiger charge is -2.19. The number of hydrogen-bond acceptors (Lipinski definition) is 3. The second kappa shape index (κ2) is 8.02. The van der Waals surface area contributed by atoms with Gasteiger partial charge in [0.25, 0.3) is 5.52 Å². The number of allylic oxidation sites excluding steroid dienone is 1. The van der Waals surface area contributed by atoms with Gasteiger partial charge in [0.2, 0.25) is 0 Å². The van der Waals surface area contributed by atoms with Crippen molar-refractivity contribution in [3.05, 3.63) is 82.0 Å². The molecule has 0 radical (unpaired) electrons. The predicted molar refractivity (Wildman–Crippen MR) is 99.3 cm³/mol. The van der Waals surface area contributed by atoms with E-state index in [0.717, 1.165) is 5.56 Å². The first-order valence-electron chi connectivity index (χ1n) is 7.30. The Kier molecular flexibility index (Phi) is 6.28. The van der Waals surface area contributed by atoms with E-state index in [1.807, 2.05) is 30.3 Å². The molecule has 0 aromatic heterocycles. The molecule has 0 amide bonds. The zero-order valence-electron chi connectivity index (χ0n) is 13.2. The van der Waals surface area contributed by atoms with Crippen molar-refractivity contribution in [2.45, 2.75) is 13.3 Å². The fraction of sp³-hybridized carbons (Fsp3) is 0.167. The lowest BCUT2D eigenvalue weighted by Crippen LogP contribution is -2.10. The number of benzene rings is 2. The number of halogens is 2. The van der Waals surface area contributed by atoms with Crippen LogP contribution in [0.3, 0.4) is 0 Å². The highest BCUT2D eigenvalue weighted by molar-refractivity contribution is 7.77. The van der Waals surface area contributed by atoms with Crippen molar-refractivity contribution < 1.29 is 13.9 Å². The lowest BCUT2D eigenvalue weighted by atomic mass is 10.2. The molecule has 0 saturated carbocycles. The molecule has 0 aliphatic heterocycles. The van der Waals surface area contributed by atoms with Gasteiger partial charge in [0.05, 0.1) is 21.4 Å². The van der Waals surface area contributed by atoms with Crippen LogP contribution in [0, 0.1) is 0 Å². The fourth-order valence-electron chi connectivity index (χ4n) is 2.23. The maximum Gasteiger partial charge on any atom is 0.316 e. The fourth-order valence-corrected chi connectivity index (χ4v) is 4.95. The van der Waals surface area contributed by atoms with Gasteiger partial charge in [0.15, 0.2) is 0 Å². The smallest absolute Gasteiger partial charge is 0.316 e. The van der Waals surface area contributed by atoms with Gasteiger partial charge in [0, 0.05) is 6.16 Å². The first-order valence-corrected chi connectivity index (χ1v) is 9.87. The number of carbonyl (C=O) groups excluding carboxylic acids is 1. The highest BCUT2D eigenvalue weighted by atomic mass is 35.5. The number of aryl methyl sites for hydroxylation is 1. The summed E-state index contributed by atoms with van der Waals surface area (Å²) in [6.07, 6.45) is 0.476. The molecule has 0 aliphatic carbocycles. The van der Waals surface area contributed by atoms with E-state index in [9.17, 15) is 9.36 Å². The van der Waals surface area contributed by atoms with E-state index in [0.29, 0.717) is 6.42 Å². The van der Waals surface area contributed by atoms with Gasteiger partial charge in [-0.05, 0) is 31.0 Å². The lowest BCUT2D eigenvalue weighted by molar-refractivity contribution is 0.105. The standard InChI is InChI=1S/C18H17Cl2O3P/c1-13(2)23-24(22,12-11-14-7-4-3-5-8-14)18(21)17-15(19)9-6-10-16(17)20/h3-10H,1,11-12H2,2H3. The average molecular weight is 383 g/mol. The van der Waals surface area contributed by atoms with Crippen molar-refractivity contribution in [3.63, 3.8) is 0 Å². The third-order valence-electron chi connectivity index (χ3n) is 3.33. The molecule has 0 heterocycles. The normalized spacial score (nSPS) is 13.1. The quantitative estimate of drug-likeness (QED) is 0.422. The van der Waals surface area contributed by atoms with E-state index < -0.39 is 12.9 Å². The van der Waals surface area contributed by atoms with Crippen LogP contribution in [0.15, 0.2) is 60.9 Å². The van der Waals surface area contributed by atoms with Gasteiger partial charge in [-0.1, -0.05) is 66.2 Å². The van der Waals surface area contributed by atoms with Crippen LogP contribution in [-0.4, -0.2) is 11.7 Å². The molecule has 24 heavy (non-hydrogen) atoms. The van der Waals surface area contributed by atoms with Gasteiger partial charge in [-0.2, -0.15) is 0 Å². The monoisotopic (exact) mass is 382 g/mol. The van der Waals surface area contributed by atoms with Gasteiger partial charge >= 0.3 is 7.37 Å². The van der Waals surface area contributed by atoms with Crippen LogP contribution < -0.4 is 0 Å². The van der Waals surface area contributed by atoms with Gasteiger partial charge < -0.3 is 4.52 Å². The SMILES string of the molecule is C=C(C)OP(=O)(CCc1ccccc1)C(=O)c1c(Cl)cccc1Cl. The van der Waals surface area contributed by atoms with Gasteiger partial charge in [0.1, 0.15) is 0 Å². The number of rotatable bonds is 7. The minimum Gasteiger partial charge on any atom is -0.443 e. The summed E-state index contributed by atoms with van der Waals surface area (Å²) >= 11 is 12.2. The van der Waals surface area contributed by atoms with Gasteiger partial charge in [-0.25, -0.2) is 0 Å². The second-order valence-electron chi connectivity index (χ2n) is 5.33. The molecule has 3 nitrogen and oxygen atoms in total. The van der Waals surface area contributed by atoms with E-state index in [4.69, 9.17) is 27.7 Å². The summed E-state index contributed by atoms with van der Waals surface area (Å²) in [6.45, 7) is 5.16. The summed E-state index contributed by atoms with van der Waals surface area (Å²) < 4.78 is 18.6. The molecule has 2 aromatic rings. The molecule has 6 heteroatoms. The summed E-state index contributed by atoms with van der Waals surface area (Å²) in [4.78, 5) is 12.9. The van der Waals surface area contributed by atoms with Crippen molar-refractivity contribution in [1.29, 1.82) is 0 Å². The van der Waals surface area contributed by atoms with Gasteiger partial charge in [-0.3, -0.25) is 9.36 Å². The molecule has 0 saturated heterocycles. The van der Waals surface area contributed by atoms with Crippen molar-refractivity contribution >= 4 is 36.1 Å². The summed E-state index contributed by atoms with van der Waals surface area (Å²) in [6, 6.07) is 14.1. The van der Waals surface area contributed by atoms with Crippen LogP contribution in [0.2, 0.25) is 10.0 Å². The first kappa shape index (κ1) is 18.8. The highest BCUT2D eigenvalue weighted by Crippen LogP contribution is 2.53. The first-order chi connectivity index (χ1) is 11.3. The molecular weight excluding hydrogens is 366 g/mol. The topological polar surface area (TPSA) is 43.4 Å². The Labute approximate surface area is 151 Å². The summed E-state index contributed by atoms with van der Waals surface area (Å²) in [5, 5.41) is 0.301. The Morgan fingerprint density at radius 3 is 2.21 bits per heavy atom. The van der Waals surface area contributed by atoms with Crippen molar-refractivity contribution in [2.75, 3.05) is 6.16 Å². The molecular formula is C18H17Cl2O3P. The maximum absolute atomic E-state index is 13.3. The Bertz CT molecular complexity index is 783. The molecule has 2 rings (SSSR count). The highest BCUT2D eigenvalue weighted by Gasteiger charge is 2.37. The molecule has 0 spiro atoms. The summed E-state index contributed by atoms with van der Waals surface area (Å²) in [5.74, 6) is 0.211.